The number of rotatable bonds is 4. The van der Waals surface area contributed by atoms with Gasteiger partial charge < -0.3 is 10.2 Å². The maximum Gasteiger partial charge on any atom is 0.233 e. The number of fused-ring (bicyclic) bond motifs is 1. The van der Waals surface area contributed by atoms with Crippen LogP contribution in [0.1, 0.15) is 18.2 Å². The molecule has 0 aliphatic carbocycles. The zero-order valence-electron chi connectivity index (χ0n) is 8.49. The van der Waals surface area contributed by atoms with Gasteiger partial charge in [-0.05, 0) is 12.5 Å². The van der Waals surface area contributed by atoms with Gasteiger partial charge in [-0.25, -0.2) is 9.97 Å². The van der Waals surface area contributed by atoms with E-state index in [1.807, 2.05) is 0 Å². The predicted molar refractivity (Wildman–Crippen MR) is 62.4 cm³/mol. The molecule has 2 aromatic rings. The SMILES string of the molecule is OC(CCBr)C(O)c1cnc2ncccn12. The summed E-state index contributed by atoms with van der Waals surface area (Å²) in [7, 11) is 0. The highest BCUT2D eigenvalue weighted by molar-refractivity contribution is 9.09. The molecule has 0 aromatic carbocycles. The molecule has 0 fully saturated rings. The second-order valence-corrected chi connectivity index (χ2v) is 4.26. The van der Waals surface area contributed by atoms with Crippen LogP contribution < -0.4 is 0 Å². The van der Waals surface area contributed by atoms with Crippen LogP contribution in [0.25, 0.3) is 5.78 Å². The van der Waals surface area contributed by atoms with Gasteiger partial charge in [-0.3, -0.25) is 4.40 Å². The van der Waals surface area contributed by atoms with Crippen LogP contribution in [0.3, 0.4) is 0 Å². The Balaban J connectivity index is 2.32. The zero-order chi connectivity index (χ0) is 11.5. The number of hydrogen-bond donors (Lipinski definition) is 2. The number of aliphatic hydroxyl groups excluding tert-OH is 2. The number of aromatic nitrogens is 3. The van der Waals surface area contributed by atoms with Crippen molar-refractivity contribution < 1.29 is 10.2 Å². The first-order chi connectivity index (χ1) is 7.74. The van der Waals surface area contributed by atoms with Crippen LogP contribution in [-0.4, -0.2) is 36.0 Å². The topological polar surface area (TPSA) is 70.7 Å². The van der Waals surface area contributed by atoms with E-state index in [-0.39, 0.29) is 0 Å². The molecule has 0 radical (unpaired) electrons. The Labute approximate surface area is 101 Å². The minimum Gasteiger partial charge on any atom is -0.390 e. The van der Waals surface area contributed by atoms with Crippen molar-refractivity contribution in [2.45, 2.75) is 18.6 Å². The molecule has 0 spiro atoms. The molecular formula is C10H12BrN3O2. The maximum absolute atomic E-state index is 9.95. The molecule has 2 rings (SSSR count). The number of halogens is 1. The minimum absolute atomic E-state index is 0.481. The van der Waals surface area contributed by atoms with Crippen molar-refractivity contribution in [2.75, 3.05) is 5.33 Å². The van der Waals surface area contributed by atoms with E-state index in [9.17, 15) is 10.2 Å². The monoisotopic (exact) mass is 285 g/mol. The fourth-order valence-corrected chi connectivity index (χ4v) is 2.00. The molecule has 16 heavy (non-hydrogen) atoms. The molecule has 0 aliphatic heterocycles. The van der Waals surface area contributed by atoms with Crippen LogP contribution in [-0.2, 0) is 0 Å². The molecule has 2 N–H and O–H groups in total. The van der Waals surface area contributed by atoms with Gasteiger partial charge in [-0.2, -0.15) is 0 Å². The first kappa shape index (κ1) is 11.5. The van der Waals surface area contributed by atoms with Gasteiger partial charge in [0, 0.05) is 17.7 Å². The fourth-order valence-electron chi connectivity index (χ4n) is 1.53. The Morgan fingerprint density at radius 1 is 1.38 bits per heavy atom. The van der Waals surface area contributed by atoms with Gasteiger partial charge >= 0.3 is 0 Å². The largest absolute Gasteiger partial charge is 0.390 e. The van der Waals surface area contributed by atoms with Crippen LogP contribution in [0.5, 0.6) is 0 Å². The third-order valence-corrected chi connectivity index (χ3v) is 2.85. The normalized spacial score (nSPS) is 15.2. The lowest BCUT2D eigenvalue weighted by Gasteiger charge is -2.16. The molecule has 0 aliphatic rings. The highest BCUT2D eigenvalue weighted by atomic mass is 79.9. The average molecular weight is 286 g/mol. The van der Waals surface area contributed by atoms with Gasteiger partial charge in [-0.1, -0.05) is 15.9 Å². The molecule has 2 atom stereocenters. The van der Waals surface area contributed by atoms with Crippen LogP contribution >= 0.6 is 15.9 Å². The van der Waals surface area contributed by atoms with Crippen molar-refractivity contribution in [3.63, 3.8) is 0 Å². The van der Waals surface area contributed by atoms with Crippen molar-refractivity contribution in [1.29, 1.82) is 0 Å². The summed E-state index contributed by atoms with van der Waals surface area (Å²) < 4.78 is 1.67. The summed E-state index contributed by atoms with van der Waals surface area (Å²) >= 11 is 3.23. The van der Waals surface area contributed by atoms with Crippen molar-refractivity contribution in [3.8, 4) is 0 Å². The second-order valence-electron chi connectivity index (χ2n) is 3.46. The Morgan fingerprint density at radius 3 is 2.94 bits per heavy atom. The maximum atomic E-state index is 9.95. The summed E-state index contributed by atoms with van der Waals surface area (Å²) in [6, 6.07) is 1.75. The number of imidazole rings is 1. The number of hydrogen-bond acceptors (Lipinski definition) is 4. The average Bonchev–Trinajstić information content (AvgIpc) is 2.72. The van der Waals surface area contributed by atoms with E-state index in [1.165, 1.54) is 6.20 Å². The molecule has 0 saturated carbocycles. The van der Waals surface area contributed by atoms with E-state index < -0.39 is 12.2 Å². The molecule has 6 heteroatoms. The van der Waals surface area contributed by atoms with Crippen LogP contribution in [0, 0.1) is 0 Å². The summed E-state index contributed by atoms with van der Waals surface area (Å²) in [6.45, 7) is 0. The smallest absolute Gasteiger partial charge is 0.233 e. The van der Waals surface area contributed by atoms with E-state index in [2.05, 4.69) is 25.9 Å². The molecule has 2 unspecified atom stereocenters. The van der Waals surface area contributed by atoms with Crippen LogP contribution in [0.2, 0.25) is 0 Å². The lowest BCUT2D eigenvalue weighted by Crippen LogP contribution is -2.20. The Morgan fingerprint density at radius 2 is 2.19 bits per heavy atom. The van der Waals surface area contributed by atoms with Gasteiger partial charge in [-0.15, -0.1) is 0 Å². The van der Waals surface area contributed by atoms with Crippen molar-refractivity contribution in [2.24, 2.45) is 0 Å². The quantitative estimate of drug-likeness (QED) is 0.820. The van der Waals surface area contributed by atoms with Gasteiger partial charge in [0.05, 0.1) is 18.0 Å². The third-order valence-electron chi connectivity index (χ3n) is 2.39. The standard InChI is InChI=1S/C10H12BrN3O2/c11-3-2-8(15)9(16)7-6-13-10-12-4-1-5-14(7)10/h1,4-6,8-9,15-16H,2-3H2. The Kier molecular flexibility index (Phi) is 3.52. The lowest BCUT2D eigenvalue weighted by atomic mass is 10.1. The van der Waals surface area contributed by atoms with Gasteiger partial charge in [0.1, 0.15) is 6.10 Å². The number of nitrogens with zero attached hydrogens (tertiary/aromatic N) is 3. The van der Waals surface area contributed by atoms with E-state index in [0.717, 1.165) is 0 Å². The van der Waals surface area contributed by atoms with E-state index in [1.54, 1.807) is 22.9 Å². The first-order valence-corrected chi connectivity index (χ1v) is 6.06. The molecule has 86 valence electrons. The van der Waals surface area contributed by atoms with Crippen molar-refractivity contribution in [1.82, 2.24) is 14.4 Å². The summed E-state index contributed by atoms with van der Waals surface area (Å²) in [4.78, 5) is 8.09. The highest BCUT2D eigenvalue weighted by Crippen LogP contribution is 2.19. The predicted octanol–water partition coefficient (Wildman–Crippen LogP) is 0.909. The summed E-state index contributed by atoms with van der Waals surface area (Å²) in [6.07, 6.45) is 3.65. The van der Waals surface area contributed by atoms with E-state index in [0.29, 0.717) is 23.2 Å². The Hall–Kier alpha value is -0.980. The molecule has 2 aromatic heterocycles. The minimum atomic E-state index is -0.947. The van der Waals surface area contributed by atoms with Crippen LogP contribution in [0.15, 0.2) is 24.7 Å². The van der Waals surface area contributed by atoms with E-state index in [4.69, 9.17) is 0 Å². The number of aliphatic hydroxyl groups is 2. The zero-order valence-corrected chi connectivity index (χ0v) is 10.1. The molecule has 5 nitrogen and oxygen atoms in total. The Bertz CT molecular complexity index is 474. The fraction of sp³-hybridized carbons (Fsp3) is 0.400. The van der Waals surface area contributed by atoms with Gasteiger partial charge in [0.15, 0.2) is 0 Å². The van der Waals surface area contributed by atoms with Gasteiger partial charge in [0.2, 0.25) is 5.78 Å². The number of alkyl halides is 1. The first-order valence-electron chi connectivity index (χ1n) is 4.94. The van der Waals surface area contributed by atoms with Crippen molar-refractivity contribution >= 4 is 21.7 Å². The summed E-state index contributed by atoms with van der Waals surface area (Å²) in [5.41, 5.74) is 0.552. The summed E-state index contributed by atoms with van der Waals surface area (Å²) in [5, 5.41) is 20.3. The van der Waals surface area contributed by atoms with Crippen molar-refractivity contribution in [3.05, 3.63) is 30.4 Å². The molecule has 2 heterocycles. The van der Waals surface area contributed by atoms with Gasteiger partial charge in [0.25, 0.3) is 0 Å². The van der Waals surface area contributed by atoms with E-state index >= 15 is 0 Å². The molecular weight excluding hydrogens is 274 g/mol. The summed E-state index contributed by atoms with van der Waals surface area (Å²) in [5.74, 6) is 0.516. The molecule has 0 bridgehead atoms. The third kappa shape index (κ3) is 2.09. The second kappa shape index (κ2) is 4.90. The van der Waals surface area contributed by atoms with Crippen LogP contribution in [0.4, 0.5) is 0 Å². The molecule has 0 amide bonds. The molecule has 0 saturated heterocycles. The highest BCUT2D eigenvalue weighted by Gasteiger charge is 2.21. The lowest BCUT2D eigenvalue weighted by molar-refractivity contribution is 0.0143.